The van der Waals surface area contributed by atoms with E-state index in [-0.39, 0.29) is 13.2 Å². The summed E-state index contributed by atoms with van der Waals surface area (Å²) in [6.07, 6.45) is 4.43. The lowest BCUT2D eigenvalue weighted by Gasteiger charge is -2.07. The maximum atomic E-state index is 11.7. The molecule has 0 radical (unpaired) electrons. The first-order chi connectivity index (χ1) is 13.2. The number of ether oxygens (including phenoxy) is 3. The van der Waals surface area contributed by atoms with E-state index in [2.05, 4.69) is 15.1 Å². The fourth-order valence-corrected chi connectivity index (χ4v) is 2.23. The number of hydrogen-bond acceptors (Lipinski definition) is 8. The third-order valence-electron chi connectivity index (χ3n) is 3.60. The molecule has 8 nitrogen and oxygen atoms in total. The fourth-order valence-electron chi connectivity index (χ4n) is 2.23. The van der Waals surface area contributed by atoms with Crippen LogP contribution in [0, 0.1) is 0 Å². The number of hydrogen-bond donors (Lipinski definition) is 0. The first-order valence-electron chi connectivity index (χ1n) is 8.40. The molecule has 27 heavy (non-hydrogen) atoms. The highest BCUT2D eigenvalue weighted by atomic mass is 16.6. The monoisotopic (exact) mass is 369 g/mol. The van der Waals surface area contributed by atoms with E-state index in [1.807, 2.05) is 6.07 Å². The molecule has 0 aliphatic carbocycles. The number of benzene rings is 1. The van der Waals surface area contributed by atoms with Crippen LogP contribution in [0.5, 0.6) is 11.5 Å². The summed E-state index contributed by atoms with van der Waals surface area (Å²) in [5, 5.41) is 3.91. The van der Waals surface area contributed by atoms with Crippen LogP contribution in [0.4, 0.5) is 0 Å². The molecule has 140 valence electrons. The average molecular weight is 369 g/mol. The predicted molar refractivity (Wildman–Crippen MR) is 95.3 cm³/mol. The van der Waals surface area contributed by atoms with Gasteiger partial charge in [0.1, 0.15) is 11.5 Å². The molecule has 3 rings (SSSR count). The summed E-state index contributed by atoms with van der Waals surface area (Å²) in [4.78, 5) is 20.0. The lowest BCUT2D eigenvalue weighted by Crippen LogP contribution is -2.15. The van der Waals surface area contributed by atoms with Gasteiger partial charge in [0.15, 0.2) is 6.61 Å². The fraction of sp³-hybridized carbons (Fsp3) is 0.263. The second-order valence-electron chi connectivity index (χ2n) is 5.54. The molecule has 0 spiro atoms. The average Bonchev–Trinajstić information content (AvgIpc) is 3.20. The Hall–Kier alpha value is -3.42. The maximum absolute atomic E-state index is 11.7. The smallest absolute Gasteiger partial charge is 0.344 e. The van der Waals surface area contributed by atoms with Crippen LogP contribution in [0.25, 0.3) is 11.4 Å². The van der Waals surface area contributed by atoms with Crippen molar-refractivity contribution >= 4 is 5.97 Å². The minimum absolute atomic E-state index is 0.155. The third-order valence-corrected chi connectivity index (χ3v) is 3.60. The van der Waals surface area contributed by atoms with Gasteiger partial charge in [-0.25, -0.2) is 4.79 Å². The van der Waals surface area contributed by atoms with Gasteiger partial charge in [-0.2, -0.15) is 4.98 Å². The molecule has 2 aromatic heterocycles. The largest absolute Gasteiger partial charge is 0.497 e. The summed E-state index contributed by atoms with van der Waals surface area (Å²) < 4.78 is 20.7. The van der Waals surface area contributed by atoms with Crippen molar-refractivity contribution in [3.05, 3.63) is 54.7 Å². The Bertz CT molecular complexity index is 849. The van der Waals surface area contributed by atoms with E-state index >= 15 is 0 Å². The molecule has 0 saturated heterocycles. The molecule has 0 amide bonds. The number of carbonyl (C=O) groups excluding carboxylic acids is 1. The molecule has 8 heteroatoms. The Morgan fingerprint density at radius 1 is 1.15 bits per heavy atom. The highest BCUT2D eigenvalue weighted by Crippen LogP contribution is 2.17. The normalized spacial score (nSPS) is 10.4. The molecule has 0 N–H and O–H groups in total. The number of nitrogens with zero attached hydrogens (tertiary/aromatic N) is 3. The van der Waals surface area contributed by atoms with E-state index in [0.717, 1.165) is 11.3 Å². The van der Waals surface area contributed by atoms with Gasteiger partial charge in [0.2, 0.25) is 11.7 Å². The van der Waals surface area contributed by atoms with Gasteiger partial charge in [0.05, 0.1) is 13.7 Å². The van der Waals surface area contributed by atoms with Gasteiger partial charge < -0.3 is 18.7 Å². The summed E-state index contributed by atoms with van der Waals surface area (Å²) >= 11 is 0. The molecule has 3 aromatic rings. The highest BCUT2D eigenvalue weighted by Gasteiger charge is 2.09. The van der Waals surface area contributed by atoms with Crippen LogP contribution in [0.2, 0.25) is 0 Å². The Balaban J connectivity index is 1.35. The van der Waals surface area contributed by atoms with E-state index in [0.29, 0.717) is 30.3 Å². The number of rotatable bonds is 9. The summed E-state index contributed by atoms with van der Waals surface area (Å²) in [5.74, 6) is 1.83. The number of carbonyl (C=O) groups is 1. The summed E-state index contributed by atoms with van der Waals surface area (Å²) in [7, 11) is 1.58. The van der Waals surface area contributed by atoms with Crippen molar-refractivity contribution in [1.82, 2.24) is 15.1 Å². The molecule has 0 bridgehead atoms. The predicted octanol–water partition coefficient (Wildman–Crippen LogP) is 2.70. The lowest BCUT2D eigenvalue weighted by molar-refractivity contribution is -0.146. The Morgan fingerprint density at radius 2 is 1.96 bits per heavy atom. The van der Waals surface area contributed by atoms with Crippen LogP contribution in [-0.4, -0.2) is 41.4 Å². The zero-order chi connectivity index (χ0) is 18.9. The minimum atomic E-state index is -0.438. The lowest BCUT2D eigenvalue weighted by atomic mass is 10.3. The van der Waals surface area contributed by atoms with E-state index in [4.69, 9.17) is 18.7 Å². The second-order valence-corrected chi connectivity index (χ2v) is 5.54. The van der Waals surface area contributed by atoms with Gasteiger partial charge in [-0.3, -0.25) is 4.98 Å². The SMILES string of the molecule is COc1ccc(OCC(=O)OCCCc2nc(-c3cccnc3)no2)cc1. The van der Waals surface area contributed by atoms with E-state index in [1.165, 1.54) is 0 Å². The second kappa shape index (κ2) is 9.33. The number of aromatic nitrogens is 3. The molecule has 0 aliphatic heterocycles. The molecule has 0 aliphatic rings. The molecule has 0 fully saturated rings. The van der Waals surface area contributed by atoms with Crippen LogP contribution in [0.1, 0.15) is 12.3 Å². The first-order valence-corrected chi connectivity index (χ1v) is 8.40. The maximum Gasteiger partial charge on any atom is 0.344 e. The number of aryl methyl sites for hydroxylation is 1. The third kappa shape index (κ3) is 5.53. The zero-order valence-electron chi connectivity index (χ0n) is 14.8. The molecular formula is C19H19N3O5. The van der Waals surface area contributed by atoms with Crippen molar-refractivity contribution < 1.29 is 23.5 Å². The number of pyridine rings is 1. The van der Waals surface area contributed by atoms with Crippen LogP contribution < -0.4 is 9.47 Å². The molecular weight excluding hydrogens is 350 g/mol. The van der Waals surface area contributed by atoms with Crippen LogP contribution >= 0.6 is 0 Å². The molecule has 0 unspecified atom stereocenters. The van der Waals surface area contributed by atoms with Crippen molar-refractivity contribution in [1.29, 1.82) is 0 Å². The van der Waals surface area contributed by atoms with Gasteiger partial charge in [-0.05, 0) is 42.8 Å². The van der Waals surface area contributed by atoms with Gasteiger partial charge in [-0.15, -0.1) is 0 Å². The number of esters is 1. The Morgan fingerprint density at radius 3 is 2.70 bits per heavy atom. The quantitative estimate of drug-likeness (QED) is 0.419. The van der Waals surface area contributed by atoms with Gasteiger partial charge in [0, 0.05) is 24.4 Å². The first kappa shape index (κ1) is 18.4. The zero-order valence-corrected chi connectivity index (χ0v) is 14.8. The van der Waals surface area contributed by atoms with E-state index in [1.54, 1.807) is 49.8 Å². The van der Waals surface area contributed by atoms with Crippen molar-refractivity contribution in [2.24, 2.45) is 0 Å². The summed E-state index contributed by atoms with van der Waals surface area (Å²) in [5.41, 5.74) is 0.787. The number of methoxy groups -OCH3 is 1. The van der Waals surface area contributed by atoms with Crippen molar-refractivity contribution in [3.63, 3.8) is 0 Å². The standard InChI is InChI=1S/C19H19N3O5/c1-24-15-6-8-16(9-7-15)26-13-18(23)25-11-3-5-17-21-19(22-27-17)14-4-2-10-20-12-14/h2,4,6-10,12H,3,5,11,13H2,1H3. The minimum Gasteiger partial charge on any atom is -0.497 e. The summed E-state index contributed by atoms with van der Waals surface area (Å²) in [6.45, 7) is 0.0907. The topological polar surface area (TPSA) is 96.6 Å². The molecule has 0 atom stereocenters. The van der Waals surface area contributed by atoms with Gasteiger partial charge >= 0.3 is 5.97 Å². The summed E-state index contributed by atoms with van der Waals surface area (Å²) in [6, 6.07) is 10.6. The molecule has 0 saturated carbocycles. The molecule has 1 aromatic carbocycles. The Labute approximate surface area is 156 Å². The Kier molecular flexibility index (Phi) is 6.35. The molecule has 2 heterocycles. The van der Waals surface area contributed by atoms with Crippen LogP contribution in [0.15, 0.2) is 53.3 Å². The van der Waals surface area contributed by atoms with Crippen LogP contribution in [-0.2, 0) is 16.0 Å². The van der Waals surface area contributed by atoms with E-state index in [9.17, 15) is 4.79 Å². The van der Waals surface area contributed by atoms with Gasteiger partial charge in [-0.1, -0.05) is 5.16 Å². The van der Waals surface area contributed by atoms with Crippen LogP contribution in [0.3, 0.4) is 0 Å². The van der Waals surface area contributed by atoms with Crippen molar-refractivity contribution in [2.45, 2.75) is 12.8 Å². The van der Waals surface area contributed by atoms with Gasteiger partial charge in [0.25, 0.3) is 0 Å². The van der Waals surface area contributed by atoms with Crippen molar-refractivity contribution in [3.8, 4) is 22.9 Å². The highest BCUT2D eigenvalue weighted by molar-refractivity contribution is 5.71. The van der Waals surface area contributed by atoms with E-state index < -0.39 is 5.97 Å². The van der Waals surface area contributed by atoms with Crippen molar-refractivity contribution in [2.75, 3.05) is 20.3 Å².